The fourth-order valence-corrected chi connectivity index (χ4v) is 2.35. The zero-order chi connectivity index (χ0) is 16.2. The van der Waals surface area contributed by atoms with E-state index in [-0.39, 0.29) is 0 Å². The van der Waals surface area contributed by atoms with Crippen LogP contribution in [0, 0.1) is 0 Å². The molecule has 2 N–H and O–H groups in total. The summed E-state index contributed by atoms with van der Waals surface area (Å²) in [7, 11) is 1.68. The van der Waals surface area contributed by atoms with E-state index in [4.69, 9.17) is 9.84 Å². The van der Waals surface area contributed by atoms with Crippen LogP contribution in [0.25, 0.3) is 0 Å². The van der Waals surface area contributed by atoms with Crippen LogP contribution in [-0.4, -0.2) is 42.8 Å². The lowest BCUT2D eigenvalue weighted by atomic mass is 10.1. The molecular weight excluding hydrogens is 280 g/mol. The second-order valence-electron chi connectivity index (χ2n) is 5.36. The SMILES string of the molecule is CCN(CCCCCCNC(=O)O)Cc1ccc(OC)cc1. The number of unbranched alkanes of at least 4 members (excludes halogenated alkanes) is 3. The van der Waals surface area contributed by atoms with Gasteiger partial charge in [-0.2, -0.15) is 0 Å². The van der Waals surface area contributed by atoms with E-state index in [0.717, 1.165) is 51.1 Å². The van der Waals surface area contributed by atoms with Gasteiger partial charge < -0.3 is 15.2 Å². The number of benzene rings is 1. The quantitative estimate of drug-likeness (QED) is 0.615. The highest BCUT2D eigenvalue weighted by Gasteiger charge is 2.04. The summed E-state index contributed by atoms with van der Waals surface area (Å²) >= 11 is 0. The van der Waals surface area contributed by atoms with Crippen molar-refractivity contribution < 1.29 is 14.6 Å². The molecular formula is C17H28N2O3. The van der Waals surface area contributed by atoms with Gasteiger partial charge in [-0.3, -0.25) is 4.90 Å². The summed E-state index contributed by atoms with van der Waals surface area (Å²) in [6, 6.07) is 8.22. The normalized spacial score (nSPS) is 10.7. The lowest BCUT2D eigenvalue weighted by Crippen LogP contribution is -2.24. The van der Waals surface area contributed by atoms with Crippen molar-refractivity contribution >= 4 is 6.09 Å². The van der Waals surface area contributed by atoms with Gasteiger partial charge in [0.25, 0.3) is 0 Å². The smallest absolute Gasteiger partial charge is 0.404 e. The Kier molecular flexibility index (Phi) is 9.07. The molecule has 0 spiro atoms. The second-order valence-corrected chi connectivity index (χ2v) is 5.36. The van der Waals surface area contributed by atoms with Crippen LogP contribution < -0.4 is 10.1 Å². The molecule has 0 heterocycles. The molecule has 1 aromatic carbocycles. The summed E-state index contributed by atoms with van der Waals surface area (Å²) in [5.74, 6) is 0.891. The topological polar surface area (TPSA) is 61.8 Å². The molecule has 0 atom stereocenters. The molecule has 0 saturated heterocycles. The maximum Gasteiger partial charge on any atom is 0.404 e. The van der Waals surface area contributed by atoms with E-state index >= 15 is 0 Å². The molecule has 0 fully saturated rings. The number of nitrogens with one attached hydrogen (secondary N) is 1. The van der Waals surface area contributed by atoms with Crippen LogP contribution in [0.15, 0.2) is 24.3 Å². The molecule has 1 aromatic rings. The highest BCUT2D eigenvalue weighted by molar-refractivity contribution is 5.64. The van der Waals surface area contributed by atoms with Crippen LogP contribution >= 0.6 is 0 Å². The van der Waals surface area contributed by atoms with Gasteiger partial charge in [0, 0.05) is 13.1 Å². The Morgan fingerprint density at radius 1 is 1.18 bits per heavy atom. The van der Waals surface area contributed by atoms with E-state index in [0.29, 0.717) is 6.54 Å². The molecule has 0 aliphatic carbocycles. The highest BCUT2D eigenvalue weighted by Crippen LogP contribution is 2.13. The number of ether oxygens (including phenoxy) is 1. The van der Waals surface area contributed by atoms with Crippen molar-refractivity contribution in [3.05, 3.63) is 29.8 Å². The number of methoxy groups -OCH3 is 1. The summed E-state index contributed by atoms with van der Waals surface area (Å²) in [5, 5.41) is 10.9. The fourth-order valence-electron chi connectivity index (χ4n) is 2.35. The van der Waals surface area contributed by atoms with Crippen molar-refractivity contribution in [2.75, 3.05) is 26.7 Å². The van der Waals surface area contributed by atoms with E-state index < -0.39 is 6.09 Å². The molecule has 0 aliphatic heterocycles. The van der Waals surface area contributed by atoms with E-state index in [1.807, 2.05) is 12.1 Å². The molecule has 22 heavy (non-hydrogen) atoms. The van der Waals surface area contributed by atoms with Gasteiger partial charge in [-0.05, 0) is 43.6 Å². The number of rotatable bonds is 11. The number of nitrogens with zero attached hydrogens (tertiary/aromatic N) is 1. The summed E-state index contributed by atoms with van der Waals surface area (Å²) in [5.41, 5.74) is 1.30. The van der Waals surface area contributed by atoms with Crippen LogP contribution in [0.1, 0.15) is 38.2 Å². The maximum atomic E-state index is 10.3. The number of carbonyl (C=O) groups is 1. The second kappa shape index (κ2) is 10.9. The maximum absolute atomic E-state index is 10.3. The monoisotopic (exact) mass is 308 g/mol. The largest absolute Gasteiger partial charge is 0.497 e. The molecule has 124 valence electrons. The molecule has 1 amide bonds. The first-order chi connectivity index (χ1) is 10.7. The van der Waals surface area contributed by atoms with Gasteiger partial charge in [0.2, 0.25) is 0 Å². The van der Waals surface area contributed by atoms with Gasteiger partial charge in [-0.1, -0.05) is 31.9 Å². The zero-order valence-electron chi connectivity index (χ0n) is 13.7. The third kappa shape index (κ3) is 7.88. The fraction of sp³-hybridized carbons (Fsp3) is 0.588. The first-order valence-corrected chi connectivity index (χ1v) is 7.97. The van der Waals surface area contributed by atoms with Gasteiger partial charge in [0.05, 0.1) is 7.11 Å². The van der Waals surface area contributed by atoms with Crippen molar-refractivity contribution in [1.29, 1.82) is 0 Å². The number of amides is 1. The molecule has 0 aromatic heterocycles. The summed E-state index contributed by atoms with van der Waals surface area (Å²) in [4.78, 5) is 12.7. The summed E-state index contributed by atoms with van der Waals surface area (Å²) in [6.07, 6.45) is 3.34. The van der Waals surface area contributed by atoms with Crippen molar-refractivity contribution in [2.45, 2.75) is 39.2 Å². The Labute approximate surface area is 133 Å². The van der Waals surface area contributed by atoms with Crippen molar-refractivity contribution in [2.24, 2.45) is 0 Å². The van der Waals surface area contributed by atoms with Gasteiger partial charge in [0.15, 0.2) is 0 Å². The summed E-state index contributed by atoms with van der Waals surface area (Å²) < 4.78 is 5.17. The Bertz CT molecular complexity index is 420. The van der Waals surface area contributed by atoms with Gasteiger partial charge >= 0.3 is 6.09 Å². The van der Waals surface area contributed by atoms with Crippen LogP contribution in [0.3, 0.4) is 0 Å². The molecule has 0 bridgehead atoms. The third-order valence-corrected chi connectivity index (χ3v) is 3.69. The first kappa shape index (κ1) is 18.3. The Hall–Kier alpha value is -1.75. The van der Waals surface area contributed by atoms with Crippen LogP contribution in [0.5, 0.6) is 5.75 Å². The molecule has 5 nitrogen and oxygen atoms in total. The van der Waals surface area contributed by atoms with Crippen LogP contribution in [0.4, 0.5) is 4.79 Å². The first-order valence-electron chi connectivity index (χ1n) is 7.97. The average Bonchev–Trinajstić information content (AvgIpc) is 2.53. The lowest BCUT2D eigenvalue weighted by Gasteiger charge is -2.20. The lowest BCUT2D eigenvalue weighted by molar-refractivity contribution is 0.194. The van der Waals surface area contributed by atoms with Gasteiger partial charge in [0.1, 0.15) is 5.75 Å². The van der Waals surface area contributed by atoms with Crippen molar-refractivity contribution in [1.82, 2.24) is 10.2 Å². The zero-order valence-corrected chi connectivity index (χ0v) is 13.7. The molecule has 1 rings (SSSR count). The number of hydrogen-bond acceptors (Lipinski definition) is 3. The Balaban J connectivity index is 2.17. The molecule has 5 heteroatoms. The standard InChI is InChI=1S/C17H28N2O3/c1-3-19(13-7-5-4-6-12-18-17(20)21)14-15-8-10-16(22-2)11-9-15/h8-11,18H,3-7,12-14H2,1-2H3,(H,20,21). The van der Waals surface area contributed by atoms with Crippen molar-refractivity contribution in [3.8, 4) is 5.75 Å². The molecule has 0 unspecified atom stereocenters. The van der Waals surface area contributed by atoms with Gasteiger partial charge in [-0.15, -0.1) is 0 Å². The minimum Gasteiger partial charge on any atom is -0.497 e. The highest BCUT2D eigenvalue weighted by atomic mass is 16.5. The Morgan fingerprint density at radius 3 is 2.45 bits per heavy atom. The minimum atomic E-state index is -0.934. The summed E-state index contributed by atoms with van der Waals surface area (Å²) in [6.45, 7) is 5.81. The number of carboxylic acid groups (broad SMARTS) is 1. The number of hydrogen-bond donors (Lipinski definition) is 2. The van der Waals surface area contributed by atoms with E-state index in [2.05, 4.69) is 29.3 Å². The Morgan fingerprint density at radius 2 is 1.86 bits per heavy atom. The van der Waals surface area contributed by atoms with E-state index in [9.17, 15) is 4.79 Å². The van der Waals surface area contributed by atoms with E-state index in [1.54, 1.807) is 7.11 Å². The minimum absolute atomic E-state index is 0.554. The molecule has 0 radical (unpaired) electrons. The predicted molar refractivity (Wildman–Crippen MR) is 88.4 cm³/mol. The predicted octanol–water partition coefficient (Wildman–Crippen LogP) is 3.35. The molecule has 0 saturated carbocycles. The van der Waals surface area contributed by atoms with Crippen LogP contribution in [0.2, 0.25) is 0 Å². The van der Waals surface area contributed by atoms with Crippen LogP contribution in [-0.2, 0) is 6.54 Å². The third-order valence-electron chi connectivity index (χ3n) is 3.69. The average molecular weight is 308 g/mol. The van der Waals surface area contributed by atoms with Crippen molar-refractivity contribution in [3.63, 3.8) is 0 Å². The van der Waals surface area contributed by atoms with Gasteiger partial charge in [-0.25, -0.2) is 4.79 Å². The van der Waals surface area contributed by atoms with E-state index in [1.165, 1.54) is 5.56 Å². The molecule has 0 aliphatic rings.